The smallest absolute Gasteiger partial charge is 0.264 e. The van der Waals surface area contributed by atoms with Crippen LogP contribution in [0.2, 0.25) is 0 Å². The number of nitrogens with zero attached hydrogens (tertiary/aromatic N) is 6. The molecule has 2 N–H and O–H groups in total. The molecule has 0 atom stereocenters. The molecule has 4 aromatic rings. The van der Waals surface area contributed by atoms with Crippen molar-refractivity contribution in [3.05, 3.63) is 67.1 Å². The van der Waals surface area contributed by atoms with Gasteiger partial charge in [-0.3, -0.25) is 4.98 Å². The first-order valence-corrected chi connectivity index (χ1v) is 14.6. The number of piperidine rings is 1. The Labute approximate surface area is 219 Å². The van der Waals surface area contributed by atoms with Gasteiger partial charge >= 0.3 is 0 Å². The first-order valence-electron chi connectivity index (χ1n) is 11.7. The van der Waals surface area contributed by atoms with E-state index in [1.807, 2.05) is 0 Å². The second-order valence-electron chi connectivity index (χ2n) is 8.48. The molecule has 38 heavy (non-hydrogen) atoms. The van der Waals surface area contributed by atoms with Gasteiger partial charge in [0, 0.05) is 37.1 Å². The number of anilines is 1. The van der Waals surface area contributed by atoms with E-state index < -0.39 is 20.0 Å². The van der Waals surface area contributed by atoms with Crippen molar-refractivity contribution >= 4 is 48.3 Å². The lowest BCUT2D eigenvalue weighted by Gasteiger charge is -2.26. The third kappa shape index (κ3) is 5.18. The predicted molar refractivity (Wildman–Crippen MR) is 139 cm³/mol. The van der Waals surface area contributed by atoms with E-state index in [4.69, 9.17) is 0 Å². The fraction of sp³-hybridized carbons (Fsp3) is 0.208. The van der Waals surface area contributed by atoms with Gasteiger partial charge in [0.25, 0.3) is 10.0 Å². The molecule has 3 heterocycles. The maximum atomic E-state index is 13.5. The lowest BCUT2D eigenvalue weighted by atomic mass is 10.2. The van der Waals surface area contributed by atoms with Crippen molar-refractivity contribution in [2.45, 2.75) is 29.1 Å². The standard InChI is InChI=1S/C24H23N7O5S2/c32-23-20(16-21(19-6-4-11-25-22(19)23)38(35,36)31-14-2-1-3-15-31)29-28-17-7-9-18(10-8-17)37(33,34)30-24-26-12-5-13-27-24/h4-13,16,32H,1-3,14-15H2,(H,26,27,30). The number of benzene rings is 2. The van der Waals surface area contributed by atoms with Crippen molar-refractivity contribution in [1.29, 1.82) is 0 Å². The molecular weight excluding hydrogens is 530 g/mol. The number of aromatic nitrogens is 3. The maximum Gasteiger partial charge on any atom is 0.264 e. The van der Waals surface area contributed by atoms with Crippen LogP contribution in [-0.4, -0.2) is 54.3 Å². The monoisotopic (exact) mass is 553 g/mol. The molecule has 5 rings (SSSR count). The fourth-order valence-corrected chi connectivity index (χ4v) is 6.73. The first-order chi connectivity index (χ1) is 18.3. The Morgan fingerprint density at radius 1 is 0.842 bits per heavy atom. The van der Waals surface area contributed by atoms with E-state index in [0.717, 1.165) is 19.3 Å². The Hall–Kier alpha value is -4.01. The minimum absolute atomic E-state index is 0.00935. The van der Waals surface area contributed by atoms with Gasteiger partial charge in [-0.15, -0.1) is 5.11 Å². The number of aromatic hydroxyl groups is 1. The summed E-state index contributed by atoms with van der Waals surface area (Å²) in [6.45, 7) is 0.838. The molecule has 1 saturated heterocycles. The van der Waals surface area contributed by atoms with Crippen LogP contribution in [0.1, 0.15) is 19.3 Å². The van der Waals surface area contributed by atoms with Crippen LogP contribution in [-0.2, 0) is 20.0 Å². The predicted octanol–water partition coefficient (Wildman–Crippen LogP) is 4.12. The van der Waals surface area contributed by atoms with E-state index in [9.17, 15) is 21.9 Å². The first kappa shape index (κ1) is 25.6. The van der Waals surface area contributed by atoms with Gasteiger partial charge in [-0.1, -0.05) is 6.42 Å². The molecule has 0 spiro atoms. The summed E-state index contributed by atoms with van der Waals surface area (Å²) in [7, 11) is -7.79. The molecule has 196 valence electrons. The third-order valence-corrected chi connectivity index (χ3v) is 9.24. The van der Waals surface area contributed by atoms with Crippen LogP contribution < -0.4 is 4.72 Å². The van der Waals surface area contributed by atoms with Crippen LogP contribution in [0.25, 0.3) is 10.9 Å². The molecule has 0 unspecified atom stereocenters. The average Bonchev–Trinajstić information content (AvgIpc) is 2.94. The van der Waals surface area contributed by atoms with Gasteiger partial charge < -0.3 is 5.11 Å². The van der Waals surface area contributed by atoms with Crippen molar-refractivity contribution in [3.63, 3.8) is 0 Å². The van der Waals surface area contributed by atoms with Crippen molar-refractivity contribution in [3.8, 4) is 5.75 Å². The number of sulfonamides is 2. The van der Waals surface area contributed by atoms with Crippen molar-refractivity contribution in [2.24, 2.45) is 10.2 Å². The van der Waals surface area contributed by atoms with Gasteiger partial charge in [0.2, 0.25) is 16.0 Å². The topological polar surface area (TPSA) is 167 Å². The number of phenols is 1. The molecule has 0 radical (unpaired) electrons. The Morgan fingerprint density at radius 2 is 1.53 bits per heavy atom. The molecule has 1 fully saturated rings. The molecule has 1 aliphatic heterocycles. The Bertz CT molecular complexity index is 1710. The molecule has 0 aliphatic carbocycles. The zero-order chi connectivity index (χ0) is 26.8. The molecule has 12 nitrogen and oxygen atoms in total. The lowest BCUT2D eigenvalue weighted by Crippen LogP contribution is -2.35. The molecule has 1 aliphatic rings. The molecule has 0 amide bonds. The summed E-state index contributed by atoms with van der Waals surface area (Å²) >= 11 is 0. The minimum Gasteiger partial charge on any atom is -0.504 e. The maximum absolute atomic E-state index is 13.5. The van der Waals surface area contributed by atoms with Crippen LogP contribution >= 0.6 is 0 Å². The van der Waals surface area contributed by atoms with Gasteiger partial charge in [0.15, 0.2) is 5.75 Å². The number of hydrogen-bond donors (Lipinski definition) is 2. The Morgan fingerprint density at radius 3 is 2.24 bits per heavy atom. The van der Waals surface area contributed by atoms with Crippen molar-refractivity contribution in [1.82, 2.24) is 19.3 Å². The number of azo groups is 1. The van der Waals surface area contributed by atoms with E-state index in [1.165, 1.54) is 53.2 Å². The third-order valence-electron chi connectivity index (χ3n) is 5.95. The van der Waals surface area contributed by atoms with E-state index in [1.54, 1.807) is 18.2 Å². The van der Waals surface area contributed by atoms with Crippen molar-refractivity contribution in [2.75, 3.05) is 17.8 Å². The minimum atomic E-state index is -3.93. The van der Waals surface area contributed by atoms with Gasteiger partial charge in [-0.2, -0.15) is 9.42 Å². The molecule has 0 saturated carbocycles. The van der Waals surface area contributed by atoms with E-state index in [2.05, 4.69) is 29.9 Å². The number of hydrogen-bond acceptors (Lipinski definition) is 10. The van der Waals surface area contributed by atoms with Gasteiger partial charge in [0.05, 0.1) is 15.5 Å². The summed E-state index contributed by atoms with van der Waals surface area (Å²) in [5.41, 5.74) is 0.294. The van der Waals surface area contributed by atoms with Gasteiger partial charge in [-0.25, -0.2) is 31.5 Å². The summed E-state index contributed by atoms with van der Waals surface area (Å²) in [5.74, 6) is -0.375. The average molecular weight is 554 g/mol. The van der Waals surface area contributed by atoms with Crippen LogP contribution in [0.15, 0.2) is 87.1 Å². The summed E-state index contributed by atoms with van der Waals surface area (Å²) < 4.78 is 55.8. The van der Waals surface area contributed by atoms with E-state index in [-0.39, 0.29) is 38.4 Å². The number of fused-ring (bicyclic) bond motifs is 1. The summed E-state index contributed by atoms with van der Waals surface area (Å²) in [4.78, 5) is 11.8. The number of rotatable bonds is 7. The normalized spacial score (nSPS) is 15.2. The zero-order valence-corrected chi connectivity index (χ0v) is 21.6. The Kier molecular flexibility index (Phi) is 7.01. The molecule has 2 aromatic heterocycles. The van der Waals surface area contributed by atoms with Gasteiger partial charge in [-0.05, 0) is 61.4 Å². The SMILES string of the molecule is O=S(=O)(Nc1ncccn1)c1ccc(N=Nc2cc(S(=O)(=O)N3CCCCC3)c3cccnc3c2O)cc1. The highest BCUT2D eigenvalue weighted by Crippen LogP contribution is 2.39. The summed E-state index contributed by atoms with van der Waals surface area (Å²) in [6, 6.07) is 11.5. The van der Waals surface area contributed by atoms with E-state index in [0.29, 0.717) is 18.5 Å². The quantitative estimate of drug-likeness (QED) is 0.322. The summed E-state index contributed by atoms with van der Waals surface area (Å²) in [6.07, 6.45) is 6.80. The van der Waals surface area contributed by atoms with Crippen molar-refractivity contribution < 1.29 is 21.9 Å². The van der Waals surface area contributed by atoms with Crippen LogP contribution in [0.4, 0.5) is 17.3 Å². The van der Waals surface area contributed by atoms with Crippen LogP contribution in [0.3, 0.4) is 0 Å². The highest BCUT2D eigenvalue weighted by atomic mass is 32.2. The molecular formula is C24H23N7O5S2. The molecule has 0 bridgehead atoms. The number of nitrogens with one attached hydrogen (secondary N) is 1. The second kappa shape index (κ2) is 10.4. The van der Waals surface area contributed by atoms with E-state index >= 15 is 0 Å². The number of phenolic OH excluding ortho intramolecular Hbond substituents is 1. The second-order valence-corrected chi connectivity index (χ2v) is 12.1. The zero-order valence-electron chi connectivity index (χ0n) is 20.0. The number of pyridine rings is 1. The van der Waals surface area contributed by atoms with Gasteiger partial charge in [0.1, 0.15) is 11.2 Å². The molecule has 14 heteroatoms. The van der Waals surface area contributed by atoms with Crippen LogP contribution in [0.5, 0.6) is 5.75 Å². The molecule has 2 aromatic carbocycles. The highest BCUT2D eigenvalue weighted by Gasteiger charge is 2.29. The fourth-order valence-electron chi connectivity index (χ4n) is 4.05. The lowest BCUT2D eigenvalue weighted by molar-refractivity contribution is 0.347. The highest BCUT2D eigenvalue weighted by molar-refractivity contribution is 7.92. The largest absolute Gasteiger partial charge is 0.504 e. The summed E-state index contributed by atoms with van der Waals surface area (Å²) in [5, 5.41) is 19.2. The Balaban J connectivity index is 1.46. The van der Waals surface area contributed by atoms with Crippen LogP contribution in [0, 0.1) is 0 Å².